The minimum absolute atomic E-state index is 0.138. The highest BCUT2D eigenvalue weighted by Gasteiger charge is 2.39. The molecule has 0 spiro atoms. The Balaban J connectivity index is 2.08. The first-order valence-corrected chi connectivity index (χ1v) is 6.67. The molecule has 0 saturated carbocycles. The summed E-state index contributed by atoms with van der Waals surface area (Å²) in [5.74, 6) is -0.625. The van der Waals surface area contributed by atoms with Gasteiger partial charge in [-0.25, -0.2) is 0 Å². The van der Waals surface area contributed by atoms with Gasteiger partial charge in [0.15, 0.2) is 0 Å². The average molecular weight is 285 g/mol. The summed E-state index contributed by atoms with van der Waals surface area (Å²) in [6.45, 7) is 0.689. The summed E-state index contributed by atoms with van der Waals surface area (Å²) >= 11 is 1.26. The molecular formula is C12H15NO5S. The van der Waals surface area contributed by atoms with Crippen LogP contribution in [0, 0.1) is 0 Å². The Morgan fingerprint density at radius 3 is 2.95 bits per heavy atom. The Bertz CT molecular complexity index is 478. The number of nitrogens with one attached hydrogen (secondary N) is 1. The lowest BCUT2D eigenvalue weighted by Gasteiger charge is -2.26. The largest absolute Gasteiger partial charge is 0.496 e. The van der Waals surface area contributed by atoms with Crippen LogP contribution in [0.3, 0.4) is 0 Å². The second kappa shape index (κ2) is 5.58. The van der Waals surface area contributed by atoms with Gasteiger partial charge in [-0.3, -0.25) is 9.59 Å². The quantitative estimate of drug-likeness (QED) is 0.847. The zero-order valence-electron chi connectivity index (χ0n) is 10.5. The summed E-state index contributed by atoms with van der Waals surface area (Å²) < 4.78 is 10.2. The molecule has 2 rings (SSSR count). The van der Waals surface area contributed by atoms with E-state index in [2.05, 4.69) is 5.32 Å². The van der Waals surface area contributed by atoms with Crippen LogP contribution in [-0.4, -0.2) is 42.8 Å². The highest BCUT2D eigenvalue weighted by atomic mass is 32.1. The number of aliphatic carboxylic acids is 1. The zero-order chi connectivity index (χ0) is 13.9. The van der Waals surface area contributed by atoms with Crippen molar-refractivity contribution in [3.63, 3.8) is 0 Å². The maximum absolute atomic E-state index is 12.1. The van der Waals surface area contributed by atoms with E-state index < -0.39 is 11.5 Å². The van der Waals surface area contributed by atoms with Crippen LogP contribution < -0.4 is 10.1 Å². The van der Waals surface area contributed by atoms with Gasteiger partial charge in [0.1, 0.15) is 5.75 Å². The maximum Gasteiger partial charge on any atom is 0.305 e. The second-order valence-electron chi connectivity index (χ2n) is 4.46. The Hall–Kier alpha value is -1.60. The van der Waals surface area contributed by atoms with E-state index in [1.54, 1.807) is 11.4 Å². The average Bonchev–Trinajstić information content (AvgIpc) is 2.97. The van der Waals surface area contributed by atoms with E-state index in [4.69, 9.17) is 14.6 Å². The van der Waals surface area contributed by atoms with E-state index in [0.29, 0.717) is 23.7 Å². The molecule has 1 aliphatic heterocycles. The van der Waals surface area contributed by atoms with E-state index in [9.17, 15) is 9.59 Å². The van der Waals surface area contributed by atoms with Crippen molar-refractivity contribution in [2.45, 2.75) is 18.4 Å². The van der Waals surface area contributed by atoms with Crippen LogP contribution in [0.4, 0.5) is 0 Å². The van der Waals surface area contributed by atoms with Crippen molar-refractivity contribution in [2.75, 3.05) is 20.3 Å². The second-order valence-corrected chi connectivity index (χ2v) is 5.37. The third-order valence-electron chi connectivity index (χ3n) is 3.01. The first-order valence-electron chi connectivity index (χ1n) is 5.79. The lowest BCUT2D eigenvalue weighted by molar-refractivity contribution is -0.138. The predicted molar refractivity (Wildman–Crippen MR) is 68.8 cm³/mol. The van der Waals surface area contributed by atoms with Crippen LogP contribution in [0.2, 0.25) is 0 Å². The Labute approximate surface area is 114 Å². The number of carboxylic acid groups (broad SMARTS) is 1. The van der Waals surface area contributed by atoms with Crippen molar-refractivity contribution < 1.29 is 24.2 Å². The molecule has 7 heteroatoms. The summed E-state index contributed by atoms with van der Waals surface area (Å²) in [5, 5.41) is 13.5. The molecule has 1 aliphatic rings. The molecule has 104 valence electrons. The number of hydrogen-bond donors (Lipinski definition) is 2. The normalized spacial score (nSPS) is 22.2. The van der Waals surface area contributed by atoms with Crippen molar-refractivity contribution in [3.8, 4) is 5.75 Å². The summed E-state index contributed by atoms with van der Waals surface area (Å²) in [6, 6.07) is 1.63. The van der Waals surface area contributed by atoms with Gasteiger partial charge in [0.25, 0.3) is 5.91 Å². The fraction of sp³-hybridized carbons (Fsp3) is 0.500. The lowest BCUT2D eigenvalue weighted by Crippen LogP contribution is -2.50. The van der Waals surface area contributed by atoms with Gasteiger partial charge in [0, 0.05) is 18.1 Å². The van der Waals surface area contributed by atoms with Crippen molar-refractivity contribution in [1.29, 1.82) is 0 Å². The molecule has 1 aromatic rings. The van der Waals surface area contributed by atoms with Crippen LogP contribution >= 0.6 is 11.3 Å². The van der Waals surface area contributed by atoms with Crippen LogP contribution in [0.1, 0.15) is 22.5 Å². The number of rotatable bonds is 5. The fourth-order valence-electron chi connectivity index (χ4n) is 2.03. The number of amides is 1. The molecule has 6 nitrogen and oxygen atoms in total. The van der Waals surface area contributed by atoms with E-state index >= 15 is 0 Å². The van der Waals surface area contributed by atoms with Crippen molar-refractivity contribution in [3.05, 3.63) is 16.3 Å². The number of thiophene rings is 1. The number of ether oxygens (including phenoxy) is 2. The Kier molecular flexibility index (Phi) is 4.06. The van der Waals surface area contributed by atoms with Crippen LogP contribution in [-0.2, 0) is 9.53 Å². The Morgan fingerprint density at radius 1 is 1.63 bits per heavy atom. The molecule has 0 aromatic carbocycles. The molecule has 1 aromatic heterocycles. The van der Waals surface area contributed by atoms with Gasteiger partial charge < -0.3 is 19.9 Å². The number of carboxylic acids is 1. The van der Waals surface area contributed by atoms with Crippen LogP contribution in [0.15, 0.2) is 11.4 Å². The zero-order valence-corrected chi connectivity index (χ0v) is 11.3. The van der Waals surface area contributed by atoms with Gasteiger partial charge in [-0.2, -0.15) is 0 Å². The summed E-state index contributed by atoms with van der Waals surface area (Å²) in [6.07, 6.45) is 0.370. The maximum atomic E-state index is 12.1. The van der Waals surface area contributed by atoms with Gasteiger partial charge in [-0.1, -0.05) is 0 Å². The molecule has 1 atom stereocenters. The first kappa shape index (κ1) is 13.8. The summed E-state index contributed by atoms with van der Waals surface area (Å²) in [7, 11) is 1.53. The van der Waals surface area contributed by atoms with E-state index in [1.165, 1.54) is 18.4 Å². The van der Waals surface area contributed by atoms with Gasteiger partial charge in [0.2, 0.25) is 0 Å². The topological polar surface area (TPSA) is 84.9 Å². The van der Waals surface area contributed by atoms with E-state index in [1.807, 2.05) is 0 Å². The van der Waals surface area contributed by atoms with Crippen molar-refractivity contribution in [2.24, 2.45) is 0 Å². The van der Waals surface area contributed by atoms with Gasteiger partial charge >= 0.3 is 5.97 Å². The third-order valence-corrected chi connectivity index (χ3v) is 3.91. The monoisotopic (exact) mass is 285 g/mol. The molecule has 1 amide bonds. The van der Waals surface area contributed by atoms with Gasteiger partial charge in [-0.15, -0.1) is 11.3 Å². The summed E-state index contributed by atoms with van der Waals surface area (Å²) in [4.78, 5) is 23.5. The molecule has 0 radical (unpaired) electrons. The molecule has 0 aliphatic carbocycles. The highest BCUT2D eigenvalue weighted by molar-refractivity contribution is 7.12. The highest BCUT2D eigenvalue weighted by Crippen LogP contribution is 2.26. The molecule has 0 bridgehead atoms. The molecule has 2 heterocycles. The predicted octanol–water partition coefficient (Wildman–Crippen LogP) is 1.12. The van der Waals surface area contributed by atoms with E-state index in [-0.39, 0.29) is 18.9 Å². The number of hydrogen-bond acceptors (Lipinski definition) is 5. The molecule has 1 fully saturated rings. The minimum Gasteiger partial charge on any atom is -0.496 e. The molecule has 2 N–H and O–H groups in total. The number of carbonyl (C=O) groups excluding carboxylic acids is 1. The van der Waals surface area contributed by atoms with Crippen LogP contribution in [0.25, 0.3) is 0 Å². The minimum atomic E-state index is -0.949. The SMILES string of the molecule is COc1csc(C(=O)NC2(CC(=O)O)CCOC2)c1. The summed E-state index contributed by atoms with van der Waals surface area (Å²) in [5.41, 5.74) is -0.805. The van der Waals surface area contributed by atoms with Gasteiger partial charge in [-0.05, 0) is 6.42 Å². The Morgan fingerprint density at radius 2 is 2.42 bits per heavy atom. The standard InChI is InChI=1S/C12H15NO5S/c1-17-8-4-9(19-6-8)11(16)13-12(5-10(14)15)2-3-18-7-12/h4,6H,2-3,5,7H2,1H3,(H,13,16)(H,14,15). The number of carbonyl (C=O) groups is 2. The lowest BCUT2D eigenvalue weighted by atomic mass is 9.94. The smallest absolute Gasteiger partial charge is 0.305 e. The molecule has 1 saturated heterocycles. The fourth-order valence-corrected chi connectivity index (χ4v) is 2.78. The number of methoxy groups -OCH3 is 1. The van der Waals surface area contributed by atoms with Crippen molar-refractivity contribution in [1.82, 2.24) is 5.32 Å². The van der Waals surface area contributed by atoms with E-state index in [0.717, 1.165) is 0 Å². The van der Waals surface area contributed by atoms with Crippen LogP contribution in [0.5, 0.6) is 5.75 Å². The molecule has 19 heavy (non-hydrogen) atoms. The first-order chi connectivity index (χ1) is 9.04. The van der Waals surface area contributed by atoms with Gasteiger partial charge in [0.05, 0.1) is 30.6 Å². The molecule has 1 unspecified atom stereocenters. The third kappa shape index (κ3) is 3.24. The molecular weight excluding hydrogens is 270 g/mol. The van der Waals surface area contributed by atoms with Crippen molar-refractivity contribution >= 4 is 23.2 Å².